The van der Waals surface area contributed by atoms with Crippen LogP contribution in [0.3, 0.4) is 0 Å². The number of aliphatic hydroxyl groups is 1. The van der Waals surface area contributed by atoms with Gasteiger partial charge in [-0.15, -0.1) is 12.4 Å². The van der Waals surface area contributed by atoms with E-state index in [0.717, 1.165) is 17.7 Å². The molecule has 0 aromatic heterocycles. The van der Waals surface area contributed by atoms with Gasteiger partial charge in [-0.3, -0.25) is 0 Å². The standard InChI is InChI=1S/C18H21NO2.ClH/c20-18(16-9-5-2-6-10-16,17-14-19-11-12-21-17)13-15-7-3-1-4-8-15;/h1-10,17,19-20H,11-14H2;1H/t17-,18-;/m1./s1. The first-order chi connectivity index (χ1) is 10.3. The van der Waals surface area contributed by atoms with Gasteiger partial charge in [-0.2, -0.15) is 0 Å². The van der Waals surface area contributed by atoms with Crippen LogP contribution >= 0.6 is 12.4 Å². The smallest absolute Gasteiger partial charge is 0.121 e. The molecule has 0 spiro atoms. The highest BCUT2D eigenvalue weighted by Crippen LogP contribution is 2.31. The monoisotopic (exact) mass is 319 g/mol. The Morgan fingerprint density at radius 1 is 1.05 bits per heavy atom. The molecule has 1 aliphatic heterocycles. The van der Waals surface area contributed by atoms with E-state index in [0.29, 0.717) is 19.6 Å². The van der Waals surface area contributed by atoms with Gasteiger partial charge in [-0.05, 0) is 11.1 Å². The van der Waals surface area contributed by atoms with E-state index in [2.05, 4.69) is 5.32 Å². The minimum absolute atomic E-state index is 0. The van der Waals surface area contributed by atoms with Crippen LogP contribution in [-0.4, -0.2) is 30.9 Å². The zero-order valence-electron chi connectivity index (χ0n) is 12.4. The zero-order valence-corrected chi connectivity index (χ0v) is 13.3. The zero-order chi connectivity index (χ0) is 14.5. The highest BCUT2D eigenvalue weighted by Gasteiger charge is 2.40. The highest BCUT2D eigenvalue weighted by atomic mass is 35.5. The molecule has 1 fully saturated rings. The van der Waals surface area contributed by atoms with E-state index in [-0.39, 0.29) is 18.5 Å². The van der Waals surface area contributed by atoms with Crippen LogP contribution in [0.25, 0.3) is 0 Å². The van der Waals surface area contributed by atoms with Crippen molar-refractivity contribution in [2.45, 2.75) is 18.1 Å². The average Bonchev–Trinajstić information content (AvgIpc) is 2.57. The second kappa shape index (κ2) is 7.75. The quantitative estimate of drug-likeness (QED) is 0.910. The van der Waals surface area contributed by atoms with Crippen molar-refractivity contribution < 1.29 is 9.84 Å². The number of rotatable bonds is 4. The van der Waals surface area contributed by atoms with E-state index >= 15 is 0 Å². The predicted octanol–water partition coefficient (Wildman–Crippen LogP) is 2.53. The third-order valence-electron chi connectivity index (χ3n) is 4.05. The molecular weight excluding hydrogens is 298 g/mol. The molecule has 2 aromatic rings. The SMILES string of the molecule is Cl.O[C@](Cc1ccccc1)(c1ccccc1)[C@H]1CNCCO1. The molecule has 2 aromatic carbocycles. The first-order valence-electron chi connectivity index (χ1n) is 7.43. The summed E-state index contributed by atoms with van der Waals surface area (Å²) < 4.78 is 5.86. The lowest BCUT2D eigenvalue weighted by atomic mass is 9.82. The van der Waals surface area contributed by atoms with E-state index in [1.165, 1.54) is 0 Å². The van der Waals surface area contributed by atoms with Gasteiger partial charge in [0, 0.05) is 19.5 Å². The van der Waals surface area contributed by atoms with Crippen LogP contribution in [0.5, 0.6) is 0 Å². The van der Waals surface area contributed by atoms with Crippen LogP contribution in [0.1, 0.15) is 11.1 Å². The van der Waals surface area contributed by atoms with E-state index < -0.39 is 5.60 Å². The Kier molecular flexibility index (Phi) is 5.98. The van der Waals surface area contributed by atoms with E-state index in [4.69, 9.17) is 4.74 Å². The maximum absolute atomic E-state index is 11.4. The van der Waals surface area contributed by atoms with Gasteiger partial charge < -0.3 is 15.2 Å². The van der Waals surface area contributed by atoms with Crippen molar-refractivity contribution in [3.63, 3.8) is 0 Å². The molecule has 0 aliphatic carbocycles. The van der Waals surface area contributed by atoms with E-state index in [1.54, 1.807) is 0 Å². The lowest BCUT2D eigenvalue weighted by molar-refractivity contribution is -0.124. The molecule has 0 bridgehead atoms. The summed E-state index contributed by atoms with van der Waals surface area (Å²) in [5.74, 6) is 0. The maximum atomic E-state index is 11.4. The Hall–Kier alpha value is -1.39. The second-order valence-corrected chi connectivity index (χ2v) is 5.52. The Morgan fingerprint density at radius 2 is 1.68 bits per heavy atom. The summed E-state index contributed by atoms with van der Waals surface area (Å²) in [7, 11) is 0. The summed E-state index contributed by atoms with van der Waals surface area (Å²) >= 11 is 0. The van der Waals surface area contributed by atoms with Crippen molar-refractivity contribution in [2.24, 2.45) is 0 Å². The lowest BCUT2D eigenvalue weighted by Crippen LogP contribution is -2.52. The summed E-state index contributed by atoms with van der Waals surface area (Å²) in [5.41, 5.74) is 0.997. The maximum Gasteiger partial charge on any atom is 0.121 e. The topological polar surface area (TPSA) is 41.5 Å². The third kappa shape index (κ3) is 3.68. The Bertz CT molecular complexity index is 558. The molecule has 0 amide bonds. The van der Waals surface area contributed by atoms with Crippen molar-refractivity contribution in [1.29, 1.82) is 0 Å². The molecule has 3 nitrogen and oxygen atoms in total. The molecule has 22 heavy (non-hydrogen) atoms. The molecule has 0 saturated carbocycles. The molecule has 2 atom stereocenters. The number of ether oxygens (including phenoxy) is 1. The number of morpholine rings is 1. The molecule has 1 heterocycles. The van der Waals surface area contributed by atoms with Crippen LogP contribution < -0.4 is 5.32 Å². The van der Waals surface area contributed by atoms with Gasteiger partial charge in [0.1, 0.15) is 11.7 Å². The fourth-order valence-electron chi connectivity index (χ4n) is 2.91. The van der Waals surface area contributed by atoms with Crippen LogP contribution in [0.15, 0.2) is 60.7 Å². The Labute approximate surface area is 137 Å². The first kappa shape index (κ1) is 17.0. The molecule has 0 radical (unpaired) electrons. The predicted molar refractivity (Wildman–Crippen MR) is 90.3 cm³/mol. The Morgan fingerprint density at radius 3 is 2.27 bits per heavy atom. The molecule has 3 rings (SSSR count). The molecule has 4 heteroatoms. The van der Waals surface area contributed by atoms with Crippen LogP contribution in [-0.2, 0) is 16.8 Å². The summed E-state index contributed by atoms with van der Waals surface area (Å²) in [6, 6.07) is 19.9. The lowest BCUT2D eigenvalue weighted by Gasteiger charge is -2.39. The molecule has 0 unspecified atom stereocenters. The minimum Gasteiger partial charge on any atom is -0.382 e. The van der Waals surface area contributed by atoms with Crippen LogP contribution in [0.2, 0.25) is 0 Å². The van der Waals surface area contributed by atoms with Crippen molar-refractivity contribution in [1.82, 2.24) is 5.32 Å². The molecule has 1 aliphatic rings. The normalized spacial score (nSPS) is 20.7. The van der Waals surface area contributed by atoms with Crippen LogP contribution in [0.4, 0.5) is 0 Å². The van der Waals surface area contributed by atoms with Gasteiger partial charge in [-0.1, -0.05) is 60.7 Å². The average molecular weight is 320 g/mol. The van der Waals surface area contributed by atoms with Gasteiger partial charge in [0.15, 0.2) is 0 Å². The number of hydrogen-bond acceptors (Lipinski definition) is 3. The highest BCUT2D eigenvalue weighted by molar-refractivity contribution is 5.85. The fourth-order valence-corrected chi connectivity index (χ4v) is 2.91. The van der Waals surface area contributed by atoms with Crippen molar-refractivity contribution in [3.05, 3.63) is 71.8 Å². The summed E-state index contributed by atoms with van der Waals surface area (Å²) in [5, 5.41) is 14.7. The first-order valence-corrected chi connectivity index (χ1v) is 7.43. The molecule has 2 N–H and O–H groups in total. The largest absolute Gasteiger partial charge is 0.382 e. The minimum atomic E-state index is -1.02. The third-order valence-corrected chi connectivity index (χ3v) is 4.05. The summed E-state index contributed by atoms with van der Waals surface area (Å²) in [4.78, 5) is 0. The summed E-state index contributed by atoms with van der Waals surface area (Å²) in [6.07, 6.45) is 0.304. The van der Waals surface area contributed by atoms with Crippen molar-refractivity contribution in [2.75, 3.05) is 19.7 Å². The number of nitrogens with one attached hydrogen (secondary N) is 1. The van der Waals surface area contributed by atoms with Crippen molar-refractivity contribution in [3.8, 4) is 0 Å². The number of hydrogen-bond donors (Lipinski definition) is 2. The van der Waals surface area contributed by atoms with Gasteiger partial charge in [0.2, 0.25) is 0 Å². The van der Waals surface area contributed by atoms with Gasteiger partial charge in [-0.25, -0.2) is 0 Å². The number of benzene rings is 2. The molecule has 1 saturated heterocycles. The van der Waals surface area contributed by atoms with Crippen LogP contribution in [0, 0.1) is 0 Å². The number of halogens is 1. The van der Waals surface area contributed by atoms with E-state index in [9.17, 15) is 5.11 Å². The fraction of sp³-hybridized carbons (Fsp3) is 0.333. The molecular formula is C18H22ClNO2. The van der Waals surface area contributed by atoms with Gasteiger partial charge >= 0.3 is 0 Å². The van der Waals surface area contributed by atoms with Gasteiger partial charge in [0.25, 0.3) is 0 Å². The van der Waals surface area contributed by atoms with E-state index in [1.807, 2.05) is 60.7 Å². The second-order valence-electron chi connectivity index (χ2n) is 5.52. The van der Waals surface area contributed by atoms with Crippen molar-refractivity contribution >= 4 is 12.4 Å². The summed E-state index contributed by atoms with van der Waals surface area (Å²) in [6.45, 7) is 2.14. The molecule has 118 valence electrons. The Balaban J connectivity index is 0.00000176. The van der Waals surface area contributed by atoms with Gasteiger partial charge in [0.05, 0.1) is 6.61 Å².